The summed E-state index contributed by atoms with van der Waals surface area (Å²) in [6.45, 7) is 8.40. The monoisotopic (exact) mass is 596 g/mol. The topological polar surface area (TPSA) is 75.3 Å². The molecule has 8 rings (SSSR count). The molecule has 0 atom stereocenters. The number of fused-ring (bicyclic) bond motifs is 2. The first-order chi connectivity index (χ1) is 22.3. The highest BCUT2D eigenvalue weighted by Gasteiger charge is 2.37. The molecule has 222 valence electrons. The Bertz CT molecular complexity index is 2350. The maximum absolute atomic E-state index is 14.5. The predicted molar refractivity (Wildman–Crippen MR) is 187 cm³/mol. The van der Waals surface area contributed by atoms with Crippen molar-refractivity contribution in [3.8, 4) is 6.07 Å². The molecule has 0 fully saturated rings. The van der Waals surface area contributed by atoms with Gasteiger partial charge >= 0.3 is 0 Å². The summed E-state index contributed by atoms with van der Waals surface area (Å²) in [5.41, 5.74) is 6.00. The number of hydrogen-bond donors (Lipinski definition) is 0. The molecule has 0 bridgehead atoms. The molecule has 5 heteroatoms. The van der Waals surface area contributed by atoms with E-state index in [9.17, 15) is 14.9 Å². The van der Waals surface area contributed by atoms with E-state index < -0.39 is 0 Å². The first-order valence-electron chi connectivity index (χ1n) is 15.7. The minimum Gasteiger partial charge on any atom is -0.657 e. The van der Waals surface area contributed by atoms with Crippen LogP contribution < -0.4 is 4.90 Å². The molecule has 1 aliphatic heterocycles. The SMILES string of the molecule is CC(C)c1cccc(C(C)C)c1N1C(=O)c2ccc3c4cccc5c([N-]c6ccc(C#N)cc6)ccc(c6ccc(c2c36)C1=O)c54. The summed E-state index contributed by atoms with van der Waals surface area (Å²) in [5, 5.41) is 22.0. The molecule has 0 unspecified atom stereocenters. The van der Waals surface area contributed by atoms with Crippen molar-refractivity contribution >= 4 is 72.0 Å². The third-order valence-electron chi connectivity index (χ3n) is 9.44. The van der Waals surface area contributed by atoms with Crippen molar-refractivity contribution in [2.75, 3.05) is 4.90 Å². The van der Waals surface area contributed by atoms with Gasteiger partial charge in [0.25, 0.3) is 11.8 Å². The summed E-state index contributed by atoms with van der Waals surface area (Å²) in [5.74, 6) is -0.290. The molecular weight excluding hydrogens is 566 g/mol. The molecule has 0 spiro atoms. The fourth-order valence-electron chi connectivity index (χ4n) is 7.29. The normalized spacial score (nSPS) is 13.2. The number of benzene rings is 7. The third-order valence-corrected chi connectivity index (χ3v) is 9.44. The van der Waals surface area contributed by atoms with Crippen LogP contribution in [0, 0.1) is 11.3 Å². The number of rotatable bonds is 5. The lowest BCUT2D eigenvalue weighted by atomic mass is 9.83. The Morgan fingerprint density at radius 3 is 1.70 bits per heavy atom. The summed E-state index contributed by atoms with van der Waals surface area (Å²) in [4.78, 5) is 30.4. The zero-order valence-corrected chi connectivity index (χ0v) is 26.1. The molecule has 46 heavy (non-hydrogen) atoms. The van der Waals surface area contributed by atoms with Gasteiger partial charge in [-0.1, -0.05) is 100 Å². The highest BCUT2D eigenvalue weighted by Crippen LogP contribution is 2.48. The Morgan fingerprint density at radius 1 is 0.587 bits per heavy atom. The first-order valence-corrected chi connectivity index (χ1v) is 15.7. The zero-order chi connectivity index (χ0) is 31.9. The second kappa shape index (κ2) is 10.2. The highest BCUT2D eigenvalue weighted by molar-refractivity contribution is 6.42. The number of carbonyl (C=O) groups excluding carboxylic acids is 2. The number of hydrogen-bond acceptors (Lipinski definition) is 3. The molecule has 7 aromatic carbocycles. The quantitative estimate of drug-likeness (QED) is 0.113. The Kier molecular flexibility index (Phi) is 6.13. The zero-order valence-electron chi connectivity index (χ0n) is 26.1. The molecule has 5 nitrogen and oxygen atoms in total. The van der Waals surface area contributed by atoms with Crippen LogP contribution in [0.1, 0.15) is 76.9 Å². The van der Waals surface area contributed by atoms with Gasteiger partial charge in [0.05, 0.1) is 17.3 Å². The minimum atomic E-state index is -0.281. The van der Waals surface area contributed by atoms with Crippen LogP contribution in [-0.4, -0.2) is 11.8 Å². The van der Waals surface area contributed by atoms with E-state index in [4.69, 9.17) is 5.32 Å². The average Bonchev–Trinajstić information content (AvgIpc) is 3.07. The Labute approximate surface area is 267 Å². The van der Waals surface area contributed by atoms with Crippen LogP contribution >= 0.6 is 0 Å². The van der Waals surface area contributed by atoms with Crippen LogP contribution in [0.5, 0.6) is 0 Å². The lowest BCUT2D eigenvalue weighted by Gasteiger charge is -2.33. The van der Waals surface area contributed by atoms with Crippen molar-refractivity contribution in [1.29, 1.82) is 5.26 Å². The van der Waals surface area contributed by atoms with E-state index in [-0.39, 0.29) is 23.7 Å². The van der Waals surface area contributed by atoms with Crippen molar-refractivity contribution in [2.45, 2.75) is 39.5 Å². The standard InChI is InChI=1S/C41H31N3O2/c1-22(2)26-7-5-8-27(23(3)4)39(26)44-40(45)33-17-15-30-28-9-6-10-32-35(43-25-13-11-24(21-42)12-14-25)20-19-29(36(28)32)31-16-18-34(41(44)46)38(33)37(30)31/h5-20,22-23H,1-4H3,(H,43,45,46)/p-1. The Morgan fingerprint density at radius 2 is 1.11 bits per heavy atom. The lowest BCUT2D eigenvalue weighted by Crippen LogP contribution is -2.41. The van der Waals surface area contributed by atoms with Crippen LogP contribution in [-0.2, 0) is 0 Å². The van der Waals surface area contributed by atoms with Crippen LogP contribution in [0.25, 0.3) is 48.4 Å². The molecule has 7 aromatic rings. The second-order valence-electron chi connectivity index (χ2n) is 12.7. The van der Waals surface area contributed by atoms with Crippen molar-refractivity contribution < 1.29 is 9.59 Å². The van der Waals surface area contributed by atoms with Crippen molar-refractivity contribution in [3.63, 3.8) is 0 Å². The van der Waals surface area contributed by atoms with Crippen molar-refractivity contribution in [3.05, 3.63) is 130 Å². The molecule has 0 saturated carbocycles. The lowest BCUT2D eigenvalue weighted by molar-refractivity contribution is 0.0893. The summed E-state index contributed by atoms with van der Waals surface area (Å²) >= 11 is 0. The van der Waals surface area contributed by atoms with Gasteiger partial charge in [-0.25, -0.2) is 4.90 Å². The largest absolute Gasteiger partial charge is 0.657 e. The second-order valence-corrected chi connectivity index (χ2v) is 12.7. The van der Waals surface area contributed by atoms with E-state index in [1.807, 2.05) is 66.7 Å². The molecule has 1 aliphatic rings. The van der Waals surface area contributed by atoms with E-state index >= 15 is 0 Å². The van der Waals surface area contributed by atoms with Gasteiger partial charge in [0.2, 0.25) is 0 Å². The molecule has 0 radical (unpaired) electrons. The van der Waals surface area contributed by atoms with Gasteiger partial charge in [0.1, 0.15) is 0 Å². The predicted octanol–water partition coefficient (Wildman–Crippen LogP) is 11.0. The number of carbonyl (C=O) groups is 2. The number of amides is 2. The summed E-state index contributed by atoms with van der Waals surface area (Å²) in [6.07, 6.45) is 0. The summed E-state index contributed by atoms with van der Waals surface area (Å²) in [7, 11) is 0. The van der Waals surface area contributed by atoms with E-state index in [2.05, 4.69) is 52.0 Å². The average molecular weight is 597 g/mol. The number of imide groups is 1. The van der Waals surface area contributed by atoms with Gasteiger partial charge in [0, 0.05) is 16.5 Å². The maximum Gasteiger partial charge on any atom is 0.266 e. The van der Waals surface area contributed by atoms with Crippen LogP contribution in [0.3, 0.4) is 0 Å². The minimum absolute atomic E-state index is 0.136. The highest BCUT2D eigenvalue weighted by atomic mass is 16.2. The first kappa shape index (κ1) is 27.8. The maximum atomic E-state index is 14.5. The number of anilines is 1. The number of para-hydroxylation sites is 1. The van der Waals surface area contributed by atoms with E-state index in [0.29, 0.717) is 16.7 Å². The molecule has 0 N–H and O–H groups in total. The number of nitriles is 1. The van der Waals surface area contributed by atoms with Gasteiger partial charge in [-0.3, -0.25) is 9.59 Å². The molecule has 2 amide bonds. The smallest absolute Gasteiger partial charge is 0.266 e. The summed E-state index contributed by atoms with van der Waals surface area (Å²) in [6, 6.07) is 33.7. The molecule has 0 aliphatic carbocycles. The van der Waals surface area contributed by atoms with Crippen LogP contribution in [0.4, 0.5) is 17.1 Å². The Hall–Kier alpha value is -5.73. The van der Waals surface area contributed by atoms with E-state index in [0.717, 1.165) is 71.3 Å². The molecule has 0 saturated heterocycles. The third kappa shape index (κ3) is 3.87. The fraction of sp³-hybridized carbons (Fsp3) is 0.146. The number of nitrogens with zero attached hydrogens (tertiary/aromatic N) is 3. The van der Waals surface area contributed by atoms with E-state index in [1.165, 1.54) is 4.90 Å². The van der Waals surface area contributed by atoms with Crippen molar-refractivity contribution in [1.82, 2.24) is 0 Å². The van der Waals surface area contributed by atoms with Gasteiger partial charge in [-0.15, -0.1) is 11.4 Å². The Balaban J connectivity index is 1.36. The molecule has 1 heterocycles. The van der Waals surface area contributed by atoms with Crippen LogP contribution in [0.15, 0.2) is 97.1 Å². The van der Waals surface area contributed by atoms with Gasteiger partial charge in [-0.05, 0) is 84.9 Å². The molecular formula is C41H30N3O2-. The summed E-state index contributed by atoms with van der Waals surface area (Å²) < 4.78 is 0. The van der Waals surface area contributed by atoms with E-state index in [1.54, 1.807) is 12.1 Å². The van der Waals surface area contributed by atoms with Gasteiger partial charge in [0.15, 0.2) is 0 Å². The van der Waals surface area contributed by atoms with Crippen LogP contribution in [0.2, 0.25) is 0 Å². The van der Waals surface area contributed by atoms with Crippen molar-refractivity contribution in [2.24, 2.45) is 0 Å². The van der Waals surface area contributed by atoms with Gasteiger partial charge < -0.3 is 5.32 Å². The fourth-order valence-corrected chi connectivity index (χ4v) is 7.29. The van der Waals surface area contributed by atoms with Gasteiger partial charge in [-0.2, -0.15) is 5.26 Å². The molecule has 0 aromatic heterocycles.